The number of carboxylic acid groups (broad SMARTS) is 1. The van der Waals surface area contributed by atoms with Crippen molar-refractivity contribution in [1.29, 1.82) is 0 Å². The number of hydrogen-bond acceptors (Lipinski definition) is 3. The number of hydrogen-bond donors (Lipinski definition) is 2. The highest BCUT2D eigenvalue weighted by Gasteiger charge is 2.36. The molecule has 0 spiro atoms. The van der Waals surface area contributed by atoms with Gasteiger partial charge in [-0.3, -0.25) is 0 Å². The lowest BCUT2D eigenvalue weighted by Gasteiger charge is -2.17. The molecule has 2 aromatic rings. The van der Waals surface area contributed by atoms with Gasteiger partial charge in [0.05, 0.1) is 5.56 Å². The van der Waals surface area contributed by atoms with E-state index >= 15 is 0 Å². The molecule has 26 heavy (non-hydrogen) atoms. The van der Waals surface area contributed by atoms with E-state index in [1.165, 1.54) is 0 Å². The third-order valence-corrected chi connectivity index (χ3v) is 3.31. The standard InChI is InChI=1S/C16H10F6O4/c17-15(18,19)12-6-3-9(7-11(12)13(23)14(24)25)8-1-4-10(5-2-8)26-16(20,21)22/h1-7,13,23H,(H,24,25). The van der Waals surface area contributed by atoms with Crippen molar-refractivity contribution >= 4 is 5.97 Å². The van der Waals surface area contributed by atoms with E-state index < -0.39 is 41.5 Å². The number of alkyl halides is 6. The lowest BCUT2D eigenvalue weighted by atomic mass is 9.95. The van der Waals surface area contributed by atoms with Crippen LogP contribution in [0.25, 0.3) is 11.1 Å². The van der Waals surface area contributed by atoms with E-state index in [1.807, 2.05) is 0 Å². The molecule has 0 aliphatic carbocycles. The average molecular weight is 380 g/mol. The van der Waals surface area contributed by atoms with Crippen LogP contribution < -0.4 is 4.74 Å². The van der Waals surface area contributed by atoms with E-state index in [0.29, 0.717) is 6.07 Å². The first-order chi connectivity index (χ1) is 11.9. The van der Waals surface area contributed by atoms with Gasteiger partial charge in [-0.05, 0) is 35.4 Å². The summed E-state index contributed by atoms with van der Waals surface area (Å²) in [6.07, 6.45) is -12.2. The summed E-state index contributed by atoms with van der Waals surface area (Å²) in [7, 11) is 0. The fraction of sp³-hybridized carbons (Fsp3) is 0.188. The molecule has 0 heterocycles. The fourth-order valence-corrected chi connectivity index (χ4v) is 2.21. The van der Waals surface area contributed by atoms with Crippen molar-refractivity contribution in [3.8, 4) is 16.9 Å². The Morgan fingerprint density at radius 3 is 1.92 bits per heavy atom. The molecule has 2 rings (SSSR count). The Hall–Kier alpha value is -2.75. The van der Waals surface area contributed by atoms with Crippen molar-refractivity contribution in [3.63, 3.8) is 0 Å². The van der Waals surface area contributed by atoms with Crippen LogP contribution in [0.2, 0.25) is 0 Å². The minimum absolute atomic E-state index is 0.0758. The summed E-state index contributed by atoms with van der Waals surface area (Å²) in [6, 6.07) is 6.64. The molecule has 10 heteroatoms. The van der Waals surface area contributed by atoms with Gasteiger partial charge < -0.3 is 14.9 Å². The second-order valence-corrected chi connectivity index (χ2v) is 5.11. The van der Waals surface area contributed by atoms with Gasteiger partial charge in [-0.2, -0.15) is 13.2 Å². The fourth-order valence-electron chi connectivity index (χ4n) is 2.21. The first-order valence-corrected chi connectivity index (χ1v) is 6.86. The van der Waals surface area contributed by atoms with Gasteiger partial charge in [0.15, 0.2) is 6.10 Å². The Kier molecular flexibility index (Phi) is 5.17. The van der Waals surface area contributed by atoms with E-state index in [-0.39, 0.29) is 11.1 Å². The number of benzene rings is 2. The predicted molar refractivity (Wildman–Crippen MR) is 76.2 cm³/mol. The van der Waals surface area contributed by atoms with Crippen LogP contribution in [0.3, 0.4) is 0 Å². The second-order valence-electron chi connectivity index (χ2n) is 5.11. The van der Waals surface area contributed by atoms with E-state index in [1.54, 1.807) is 0 Å². The van der Waals surface area contributed by atoms with Crippen LogP contribution in [0.15, 0.2) is 42.5 Å². The minimum Gasteiger partial charge on any atom is -0.479 e. The molecule has 140 valence electrons. The molecule has 0 radical (unpaired) electrons. The summed E-state index contributed by atoms with van der Waals surface area (Å²) in [6.45, 7) is 0. The van der Waals surface area contributed by atoms with E-state index in [9.17, 15) is 36.2 Å². The van der Waals surface area contributed by atoms with Crippen LogP contribution >= 0.6 is 0 Å². The molecule has 2 N–H and O–H groups in total. The summed E-state index contributed by atoms with van der Waals surface area (Å²) < 4.78 is 79.0. The zero-order valence-electron chi connectivity index (χ0n) is 12.6. The molecule has 1 atom stereocenters. The highest BCUT2D eigenvalue weighted by Crippen LogP contribution is 2.37. The Balaban J connectivity index is 2.44. The van der Waals surface area contributed by atoms with Gasteiger partial charge in [-0.15, -0.1) is 13.2 Å². The van der Waals surface area contributed by atoms with Crippen molar-refractivity contribution < 1.29 is 46.1 Å². The van der Waals surface area contributed by atoms with Crippen LogP contribution in [0.4, 0.5) is 26.3 Å². The molecule has 1 unspecified atom stereocenters. The number of aliphatic hydroxyl groups excluding tert-OH is 1. The van der Waals surface area contributed by atoms with Crippen molar-refractivity contribution in [1.82, 2.24) is 0 Å². The third kappa shape index (κ3) is 4.66. The Morgan fingerprint density at radius 2 is 1.46 bits per heavy atom. The van der Waals surface area contributed by atoms with Crippen molar-refractivity contribution in [2.45, 2.75) is 18.6 Å². The van der Waals surface area contributed by atoms with Gasteiger partial charge in [0, 0.05) is 5.56 Å². The highest BCUT2D eigenvalue weighted by atomic mass is 19.4. The zero-order chi connectivity index (χ0) is 19.7. The summed E-state index contributed by atoms with van der Waals surface area (Å²) in [5.41, 5.74) is -1.93. The van der Waals surface area contributed by atoms with E-state index in [4.69, 9.17) is 5.11 Å². The third-order valence-electron chi connectivity index (χ3n) is 3.31. The van der Waals surface area contributed by atoms with E-state index in [2.05, 4.69) is 4.74 Å². The highest BCUT2D eigenvalue weighted by molar-refractivity contribution is 5.76. The maximum absolute atomic E-state index is 13.0. The van der Waals surface area contributed by atoms with Gasteiger partial charge in [-0.1, -0.05) is 18.2 Å². The topological polar surface area (TPSA) is 66.8 Å². The van der Waals surface area contributed by atoms with Gasteiger partial charge in [0.25, 0.3) is 0 Å². The van der Waals surface area contributed by atoms with Gasteiger partial charge in [0.1, 0.15) is 5.75 Å². The number of aliphatic hydroxyl groups is 1. The van der Waals surface area contributed by atoms with Crippen molar-refractivity contribution in [2.24, 2.45) is 0 Å². The Labute approximate surface area is 142 Å². The first-order valence-electron chi connectivity index (χ1n) is 6.86. The lowest BCUT2D eigenvalue weighted by Crippen LogP contribution is -2.17. The molecular weight excluding hydrogens is 370 g/mol. The van der Waals surface area contributed by atoms with Crippen LogP contribution in [0.5, 0.6) is 5.75 Å². The van der Waals surface area contributed by atoms with Gasteiger partial charge >= 0.3 is 18.5 Å². The van der Waals surface area contributed by atoms with E-state index in [0.717, 1.165) is 36.4 Å². The molecule has 0 saturated carbocycles. The summed E-state index contributed by atoms with van der Waals surface area (Å²) >= 11 is 0. The predicted octanol–water partition coefficient (Wildman–Crippen LogP) is 4.39. The van der Waals surface area contributed by atoms with Crippen LogP contribution in [-0.2, 0) is 11.0 Å². The largest absolute Gasteiger partial charge is 0.573 e. The molecule has 2 aromatic carbocycles. The summed E-state index contributed by atoms with van der Waals surface area (Å²) in [4.78, 5) is 10.9. The minimum atomic E-state index is -4.89. The van der Waals surface area contributed by atoms with Crippen LogP contribution in [-0.4, -0.2) is 22.5 Å². The number of aliphatic carboxylic acids is 1. The molecule has 0 aromatic heterocycles. The first kappa shape index (κ1) is 19.6. The SMILES string of the molecule is O=C(O)C(O)c1cc(-c2ccc(OC(F)(F)F)cc2)ccc1C(F)(F)F. The lowest BCUT2D eigenvalue weighted by molar-refractivity contribution is -0.274. The van der Waals surface area contributed by atoms with Crippen molar-refractivity contribution in [3.05, 3.63) is 53.6 Å². The monoisotopic (exact) mass is 380 g/mol. The average Bonchev–Trinajstić information content (AvgIpc) is 2.52. The quantitative estimate of drug-likeness (QED) is 0.773. The molecule has 0 aliphatic rings. The molecular formula is C16H10F6O4. The number of halogens is 6. The number of carboxylic acids is 1. The molecule has 0 amide bonds. The maximum Gasteiger partial charge on any atom is 0.573 e. The molecule has 0 bridgehead atoms. The number of rotatable bonds is 4. The molecule has 4 nitrogen and oxygen atoms in total. The Bertz CT molecular complexity index is 796. The smallest absolute Gasteiger partial charge is 0.479 e. The number of ether oxygens (including phenoxy) is 1. The van der Waals surface area contributed by atoms with Gasteiger partial charge in [-0.25, -0.2) is 4.79 Å². The molecule has 0 fully saturated rings. The van der Waals surface area contributed by atoms with Gasteiger partial charge in [0.2, 0.25) is 0 Å². The molecule has 0 saturated heterocycles. The van der Waals surface area contributed by atoms with Crippen LogP contribution in [0.1, 0.15) is 17.2 Å². The second kappa shape index (κ2) is 6.87. The normalized spacial score (nSPS) is 13.3. The van der Waals surface area contributed by atoms with Crippen LogP contribution in [0, 0.1) is 0 Å². The van der Waals surface area contributed by atoms with Crippen molar-refractivity contribution in [2.75, 3.05) is 0 Å². The Morgan fingerprint density at radius 1 is 0.923 bits per heavy atom. The zero-order valence-corrected chi connectivity index (χ0v) is 12.6. The maximum atomic E-state index is 13.0. The number of carbonyl (C=O) groups is 1. The molecule has 0 aliphatic heterocycles. The summed E-state index contributed by atoms with van der Waals surface area (Å²) in [5, 5.41) is 18.3. The summed E-state index contributed by atoms with van der Waals surface area (Å²) in [5.74, 6) is -2.40.